The average molecular weight is 470 g/mol. The van der Waals surface area contributed by atoms with Gasteiger partial charge >= 0.3 is 0 Å². The number of nitrogens with one attached hydrogen (secondary N) is 2. The van der Waals surface area contributed by atoms with E-state index in [0.29, 0.717) is 27.7 Å². The molecule has 4 bridgehead atoms. The fraction of sp³-hybridized carbons (Fsp3) is 0.500. The van der Waals surface area contributed by atoms with Gasteiger partial charge in [-0.3, -0.25) is 14.6 Å². The SMILES string of the molecule is Cc1cncc(C(=O)NC23CC4CC(CC(NC(=O)c5ccnc(Br)c5)(C4)C2)C3)n1. The van der Waals surface area contributed by atoms with Crippen LogP contribution in [0.5, 0.6) is 0 Å². The van der Waals surface area contributed by atoms with E-state index in [-0.39, 0.29) is 22.9 Å². The maximum Gasteiger partial charge on any atom is 0.271 e. The second kappa shape index (κ2) is 7.11. The van der Waals surface area contributed by atoms with Gasteiger partial charge < -0.3 is 10.6 Å². The molecule has 8 heteroatoms. The van der Waals surface area contributed by atoms with Crippen molar-refractivity contribution in [3.8, 4) is 0 Å². The highest BCUT2D eigenvalue weighted by Gasteiger charge is 2.58. The van der Waals surface area contributed by atoms with Gasteiger partial charge in [0.15, 0.2) is 0 Å². The Morgan fingerprint density at radius 2 is 1.73 bits per heavy atom. The Balaban J connectivity index is 1.38. The largest absolute Gasteiger partial charge is 0.346 e. The van der Waals surface area contributed by atoms with Crippen LogP contribution in [0.3, 0.4) is 0 Å². The number of carbonyl (C=O) groups excluding carboxylic acids is 2. The summed E-state index contributed by atoms with van der Waals surface area (Å²) in [4.78, 5) is 38.5. The molecule has 0 saturated heterocycles. The third-order valence-corrected chi connectivity index (χ3v) is 7.23. The molecule has 0 spiro atoms. The van der Waals surface area contributed by atoms with Gasteiger partial charge in [-0.1, -0.05) is 0 Å². The Kier molecular flexibility index (Phi) is 4.65. The zero-order valence-electron chi connectivity index (χ0n) is 16.8. The van der Waals surface area contributed by atoms with Crippen LogP contribution in [0, 0.1) is 18.8 Å². The summed E-state index contributed by atoms with van der Waals surface area (Å²) in [6.45, 7) is 1.83. The van der Waals surface area contributed by atoms with Crippen molar-refractivity contribution in [2.75, 3.05) is 0 Å². The zero-order valence-corrected chi connectivity index (χ0v) is 18.4. The first kappa shape index (κ1) is 19.6. The van der Waals surface area contributed by atoms with Gasteiger partial charge in [0.2, 0.25) is 0 Å². The van der Waals surface area contributed by atoms with Crippen LogP contribution < -0.4 is 10.6 Å². The lowest BCUT2D eigenvalue weighted by Crippen LogP contribution is -2.69. The monoisotopic (exact) mass is 469 g/mol. The van der Waals surface area contributed by atoms with Crippen LogP contribution in [0.4, 0.5) is 0 Å². The van der Waals surface area contributed by atoms with E-state index in [1.165, 1.54) is 12.6 Å². The second-order valence-electron chi connectivity index (χ2n) is 9.34. The first-order chi connectivity index (χ1) is 14.3. The summed E-state index contributed by atoms with van der Waals surface area (Å²) in [6, 6.07) is 3.47. The van der Waals surface area contributed by atoms with Gasteiger partial charge in [0.25, 0.3) is 11.8 Å². The molecule has 4 fully saturated rings. The number of aromatic nitrogens is 3. The molecule has 6 rings (SSSR count). The standard InChI is InChI=1S/C22H24BrN5O2/c1-13-10-24-11-17(26-13)20(30)28-22-8-14-4-15(9-22)7-21(6-14,12-22)27-19(29)16-2-3-25-18(23)5-16/h2-3,5,10-11,14-15H,4,6-9,12H2,1H3,(H,27,29)(H,28,30). The lowest BCUT2D eigenvalue weighted by molar-refractivity contribution is -0.0448. The highest BCUT2D eigenvalue weighted by Crippen LogP contribution is 2.57. The highest BCUT2D eigenvalue weighted by molar-refractivity contribution is 9.10. The predicted octanol–water partition coefficient (Wildman–Crippen LogP) is 3.19. The molecule has 2 heterocycles. The number of hydrogen-bond acceptors (Lipinski definition) is 5. The number of hydrogen-bond donors (Lipinski definition) is 2. The van der Waals surface area contributed by atoms with Crippen LogP contribution in [-0.2, 0) is 0 Å². The van der Waals surface area contributed by atoms with Crippen molar-refractivity contribution in [2.45, 2.75) is 56.5 Å². The highest BCUT2D eigenvalue weighted by atomic mass is 79.9. The Morgan fingerprint density at radius 3 is 2.37 bits per heavy atom. The average Bonchev–Trinajstić information content (AvgIpc) is 2.66. The molecule has 0 radical (unpaired) electrons. The van der Waals surface area contributed by atoms with Crippen molar-refractivity contribution in [2.24, 2.45) is 11.8 Å². The molecule has 0 aromatic carbocycles. The number of amides is 2. The molecule has 7 nitrogen and oxygen atoms in total. The van der Waals surface area contributed by atoms with Crippen molar-refractivity contribution in [3.63, 3.8) is 0 Å². The third-order valence-electron chi connectivity index (χ3n) is 6.79. The number of carbonyl (C=O) groups is 2. The molecule has 2 aromatic heterocycles. The van der Waals surface area contributed by atoms with Gasteiger partial charge in [0, 0.05) is 29.0 Å². The van der Waals surface area contributed by atoms with Gasteiger partial charge in [0.1, 0.15) is 10.3 Å². The number of pyridine rings is 1. The number of aryl methyl sites for hydroxylation is 1. The van der Waals surface area contributed by atoms with Crippen LogP contribution in [0.1, 0.15) is 65.1 Å². The maximum absolute atomic E-state index is 13.0. The maximum atomic E-state index is 13.0. The second-order valence-corrected chi connectivity index (χ2v) is 10.2. The summed E-state index contributed by atoms with van der Waals surface area (Å²) in [6.07, 6.45) is 10.6. The minimum absolute atomic E-state index is 0.0777. The van der Waals surface area contributed by atoms with E-state index >= 15 is 0 Å². The van der Waals surface area contributed by atoms with Gasteiger partial charge in [-0.2, -0.15) is 0 Å². The lowest BCUT2D eigenvalue weighted by Gasteiger charge is -2.62. The van der Waals surface area contributed by atoms with Gasteiger partial charge in [0.05, 0.1) is 11.9 Å². The molecule has 2 atom stereocenters. The van der Waals surface area contributed by atoms with E-state index in [1.54, 1.807) is 24.5 Å². The quantitative estimate of drug-likeness (QED) is 0.670. The molecule has 2 N–H and O–H groups in total. The Labute approximate surface area is 183 Å². The molecule has 2 unspecified atom stereocenters. The molecule has 156 valence electrons. The summed E-state index contributed by atoms with van der Waals surface area (Å²) in [7, 11) is 0. The lowest BCUT2D eigenvalue weighted by atomic mass is 9.49. The Morgan fingerprint density at radius 1 is 1.07 bits per heavy atom. The fourth-order valence-corrected chi connectivity index (χ4v) is 6.65. The summed E-state index contributed by atoms with van der Waals surface area (Å²) in [5, 5.41) is 6.65. The summed E-state index contributed by atoms with van der Waals surface area (Å²) in [5.41, 5.74) is 1.10. The molecule has 4 aliphatic rings. The van der Waals surface area contributed by atoms with Crippen molar-refractivity contribution in [1.82, 2.24) is 25.6 Å². The first-order valence-corrected chi connectivity index (χ1v) is 11.2. The molecule has 30 heavy (non-hydrogen) atoms. The smallest absolute Gasteiger partial charge is 0.271 e. The molecule has 2 aromatic rings. The number of rotatable bonds is 4. The fourth-order valence-electron chi connectivity index (χ4n) is 6.29. The van der Waals surface area contributed by atoms with Crippen molar-refractivity contribution in [3.05, 3.63) is 52.3 Å². The number of halogens is 1. The predicted molar refractivity (Wildman–Crippen MR) is 114 cm³/mol. The normalized spacial score (nSPS) is 31.4. The minimum atomic E-state index is -0.293. The summed E-state index contributed by atoms with van der Waals surface area (Å²) >= 11 is 3.34. The van der Waals surface area contributed by atoms with Crippen molar-refractivity contribution < 1.29 is 9.59 Å². The van der Waals surface area contributed by atoms with Crippen molar-refractivity contribution in [1.29, 1.82) is 0 Å². The van der Waals surface area contributed by atoms with E-state index in [9.17, 15) is 9.59 Å². The first-order valence-electron chi connectivity index (χ1n) is 10.4. The molecular formula is C22H24BrN5O2. The molecule has 2 amide bonds. The van der Waals surface area contributed by atoms with Crippen LogP contribution in [0.15, 0.2) is 35.3 Å². The van der Waals surface area contributed by atoms with E-state index in [2.05, 4.69) is 41.5 Å². The molecule has 4 saturated carbocycles. The third kappa shape index (κ3) is 3.62. The van der Waals surface area contributed by atoms with Crippen LogP contribution in [0.2, 0.25) is 0 Å². The van der Waals surface area contributed by atoms with Crippen LogP contribution in [0.25, 0.3) is 0 Å². The topological polar surface area (TPSA) is 96.9 Å². The van der Waals surface area contributed by atoms with E-state index in [0.717, 1.165) is 37.8 Å². The van der Waals surface area contributed by atoms with Gasteiger partial charge in [-0.15, -0.1) is 0 Å². The molecule has 0 aliphatic heterocycles. The van der Waals surface area contributed by atoms with Crippen LogP contribution in [-0.4, -0.2) is 37.8 Å². The van der Waals surface area contributed by atoms with E-state index in [4.69, 9.17) is 0 Å². The Hall–Kier alpha value is -2.35. The van der Waals surface area contributed by atoms with Gasteiger partial charge in [-0.25, -0.2) is 9.97 Å². The summed E-state index contributed by atoms with van der Waals surface area (Å²) < 4.78 is 0.642. The molecular weight excluding hydrogens is 446 g/mol. The van der Waals surface area contributed by atoms with Crippen LogP contribution >= 0.6 is 15.9 Å². The zero-order chi connectivity index (χ0) is 20.9. The van der Waals surface area contributed by atoms with E-state index in [1.807, 2.05) is 6.92 Å². The molecule has 4 aliphatic carbocycles. The van der Waals surface area contributed by atoms with Gasteiger partial charge in [-0.05, 0) is 85.3 Å². The summed E-state index contributed by atoms with van der Waals surface area (Å²) in [5.74, 6) is 0.776. The number of nitrogens with zero attached hydrogens (tertiary/aromatic N) is 3. The minimum Gasteiger partial charge on any atom is -0.346 e. The van der Waals surface area contributed by atoms with E-state index < -0.39 is 0 Å². The van der Waals surface area contributed by atoms with Crippen molar-refractivity contribution >= 4 is 27.7 Å². The Bertz CT molecular complexity index is 935.